The number of anilines is 1. The molecule has 3 rings (SSSR count). The summed E-state index contributed by atoms with van der Waals surface area (Å²) in [7, 11) is 0. The van der Waals surface area contributed by atoms with Crippen molar-refractivity contribution >= 4 is 23.4 Å². The fraction of sp³-hybridized carbons (Fsp3) is 0.583. The van der Waals surface area contributed by atoms with Crippen LogP contribution in [0.4, 0.5) is 10.5 Å². The molecule has 1 saturated carbocycles. The number of hydrogen-bond donors (Lipinski definition) is 2. The molecule has 108 valence electrons. The second kappa shape index (κ2) is 5.32. The summed E-state index contributed by atoms with van der Waals surface area (Å²) in [5.74, 6) is 0. The van der Waals surface area contributed by atoms with Crippen molar-refractivity contribution in [2.24, 2.45) is 0 Å². The maximum Gasteiger partial charge on any atom is 0.407 e. The van der Waals surface area contributed by atoms with E-state index in [4.69, 9.17) is 16.3 Å². The summed E-state index contributed by atoms with van der Waals surface area (Å²) >= 11 is 5.96. The van der Waals surface area contributed by atoms with Crippen LogP contribution >= 0.6 is 11.6 Å². The molecule has 8 heteroatoms. The van der Waals surface area contributed by atoms with E-state index in [9.17, 15) is 9.59 Å². The van der Waals surface area contributed by atoms with Crippen LogP contribution in [0.25, 0.3) is 0 Å². The van der Waals surface area contributed by atoms with E-state index in [2.05, 4.69) is 15.5 Å². The van der Waals surface area contributed by atoms with Gasteiger partial charge in [0.05, 0.1) is 18.4 Å². The van der Waals surface area contributed by atoms with Crippen LogP contribution in [0.15, 0.2) is 11.0 Å². The van der Waals surface area contributed by atoms with Crippen LogP contribution < -0.4 is 15.8 Å². The van der Waals surface area contributed by atoms with Gasteiger partial charge in [0.15, 0.2) is 0 Å². The fourth-order valence-corrected chi connectivity index (χ4v) is 2.43. The molecule has 0 aromatic carbocycles. The van der Waals surface area contributed by atoms with Crippen LogP contribution in [0, 0.1) is 0 Å². The van der Waals surface area contributed by atoms with Crippen molar-refractivity contribution < 1.29 is 9.53 Å². The normalized spacial score (nSPS) is 21.9. The number of aromatic amines is 1. The summed E-state index contributed by atoms with van der Waals surface area (Å²) in [5.41, 5.74) is 0.157. The van der Waals surface area contributed by atoms with Crippen molar-refractivity contribution in [2.45, 2.75) is 31.4 Å². The van der Waals surface area contributed by atoms with Gasteiger partial charge >= 0.3 is 6.09 Å². The number of hydrogen-bond acceptors (Lipinski definition) is 5. The average molecular weight is 299 g/mol. The number of nitrogens with one attached hydrogen (secondary N) is 2. The van der Waals surface area contributed by atoms with Gasteiger partial charge in [-0.15, -0.1) is 0 Å². The molecule has 2 N–H and O–H groups in total. The summed E-state index contributed by atoms with van der Waals surface area (Å²) in [6.45, 7) is 1.19. The zero-order valence-electron chi connectivity index (χ0n) is 10.8. The molecular weight excluding hydrogens is 284 g/mol. The second-order valence-corrected chi connectivity index (χ2v) is 5.46. The molecule has 0 bridgehead atoms. The van der Waals surface area contributed by atoms with Crippen LogP contribution in [0.1, 0.15) is 19.3 Å². The van der Waals surface area contributed by atoms with Crippen molar-refractivity contribution in [1.29, 1.82) is 0 Å². The molecule has 1 atom stereocenters. The van der Waals surface area contributed by atoms with Crippen molar-refractivity contribution in [1.82, 2.24) is 15.5 Å². The summed E-state index contributed by atoms with van der Waals surface area (Å²) < 4.78 is 5.34. The van der Waals surface area contributed by atoms with Crippen molar-refractivity contribution in [3.05, 3.63) is 21.6 Å². The lowest BCUT2D eigenvalue weighted by atomic mass is 10.3. The second-order valence-electron chi connectivity index (χ2n) is 5.08. The Balaban J connectivity index is 1.59. The number of carbonyl (C=O) groups excluding carboxylic acids is 1. The standard InChI is InChI=1S/C12H15ClN4O3/c13-10-9(5-14-16-11(10)18)17-4-3-8(6-17)20-12(19)15-7-1-2-7/h5,7-8H,1-4,6H2,(H,15,19)(H,16,18)/t8-/m1/s1. The topological polar surface area (TPSA) is 87.3 Å². The number of rotatable bonds is 3. The molecule has 1 aliphatic carbocycles. The molecule has 20 heavy (non-hydrogen) atoms. The lowest BCUT2D eigenvalue weighted by Gasteiger charge is -2.18. The van der Waals surface area contributed by atoms with Gasteiger partial charge in [0.1, 0.15) is 11.1 Å². The number of H-pyrrole nitrogens is 1. The first-order valence-corrected chi connectivity index (χ1v) is 6.96. The number of ether oxygens (including phenoxy) is 1. The van der Waals surface area contributed by atoms with Crippen LogP contribution in [0.2, 0.25) is 5.02 Å². The monoisotopic (exact) mass is 298 g/mol. The van der Waals surface area contributed by atoms with E-state index in [1.807, 2.05) is 4.90 Å². The highest BCUT2D eigenvalue weighted by Crippen LogP contribution is 2.26. The van der Waals surface area contributed by atoms with E-state index in [1.54, 1.807) is 0 Å². The molecule has 1 aliphatic heterocycles. The Morgan fingerprint density at radius 3 is 3.05 bits per heavy atom. The molecule has 1 aromatic rings. The number of nitrogens with zero attached hydrogens (tertiary/aromatic N) is 2. The molecule has 2 aliphatic rings. The highest BCUT2D eigenvalue weighted by Gasteiger charge is 2.30. The lowest BCUT2D eigenvalue weighted by molar-refractivity contribution is 0.108. The number of carbonyl (C=O) groups is 1. The first kappa shape index (κ1) is 13.2. The van der Waals surface area contributed by atoms with E-state index in [1.165, 1.54) is 6.20 Å². The van der Waals surface area contributed by atoms with E-state index in [0.717, 1.165) is 12.8 Å². The van der Waals surface area contributed by atoms with E-state index < -0.39 is 5.56 Å². The van der Waals surface area contributed by atoms with Crippen molar-refractivity contribution in [3.63, 3.8) is 0 Å². The molecular formula is C12H15ClN4O3. The Bertz CT molecular complexity index is 572. The number of aromatic nitrogens is 2. The third-order valence-corrected chi connectivity index (χ3v) is 3.80. The zero-order chi connectivity index (χ0) is 14.1. The first-order valence-electron chi connectivity index (χ1n) is 6.59. The predicted octanol–water partition coefficient (Wildman–Crippen LogP) is 0.891. The molecule has 2 heterocycles. The third-order valence-electron chi connectivity index (χ3n) is 3.44. The van der Waals surface area contributed by atoms with Crippen LogP contribution in [-0.2, 0) is 4.74 Å². The molecule has 0 unspecified atom stereocenters. The molecule has 1 amide bonds. The van der Waals surface area contributed by atoms with Gasteiger partial charge in [-0.3, -0.25) is 4.79 Å². The highest BCUT2D eigenvalue weighted by atomic mass is 35.5. The highest BCUT2D eigenvalue weighted by molar-refractivity contribution is 6.33. The van der Waals surface area contributed by atoms with Gasteiger partial charge in [-0.05, 0) is 12.8 Å². The summed E-state index contributed by atoms with van der Waals surface area (Å²) in [5, 5.41) is 8.91. The van der Waals surface area contributed by atoms with Gasteiger partial charge in [0, 0.05) is 19.0 Å². The van der Waals surface area contributed by atoms with Gasteiger partial charge in [0.25, 0.3) is 5.56 Å². The SMILES string of the molecule is O=C(NC1CC1)O[C@@H]1CCN(c2cn[nH]c(=O)c2Cl)C1. The predicted molar refractivity (Wildman–Crippen MR) is 73.1 cm³/mol. The molecule has 0 spiro atoms. The summed E-state index contributed by atoms with van der Waals surface area (Å²) in [6, 6.07) is 0.284. The van der Waals surface area contributed by atoms with Crippen LogP contribution in [0.3, 0.4) is 0 Å². The quantitative estimate of drug-likeness (QED) is 0.865. The fourth-order valence-electron chi connectivity index (χ4n) is 2.22. The van der Waals surface area contributed by atoms with Crippen molar-refractivity contribution in [3.8, 4) is 0 Å². The smallest absolute Gasteiger partial charge is 0.407 e. The Kier molecular flexibility index (Phi) is 3.52. The minimum absolute atomic E-state index is 0.114. The van der Waals surface area contributed by atoms with E-state index in [-0.39, 0.29) is 23.3 Å². The van der Waals surface area contributed by atoms with Crippen LogP contribution in [0.5, 0.6) is 0 Å². The van der Waals surface area contributed by atoms with Gasteiger partial charge in [-0.2, -0.15) is 5.10 Å². The minimum Gasteiger partial charge on any atom is -0.444 e. The number of amides is 1. The average Bonchev–Trinajstić information content (AvgIpc) is 3.10. The molecule has 7 nitrogen and oxygen atoms in total. The summed E-state index contributed by atoms with van der Waals surface area (Å²) in [6.07, 6.45) is 3.72. The summed E-state index contributed by atoms with van der Waals surface area (Å²) in [4.78, 5) is 24.9. The maximum absolute atomic E-state index is 11.6. The lowest BCUT2D eigenvalue weighted by Crippen LogP contribution is -2.32. The molecule has 0 radical (unpaired) electrons. The van der Waals surface area contributed by atoms with Gasteiger partial charge in [0.2, 0.25) is 0 Å². The molecule has 1 aromatic heterocycles. The molecule has 2 fully saturated rings. The van der Waals surface area contributed by atoms with Gasteiger partial charge in [-0.25, -0.2) is 9.89 Å². The first-order chi connectivity index (χ1) is 9.63. The van der Waals surface area contributed by atoms with Crippen molar-refractivity contribution in [2.75, 3.05) is 18.0 Å². The Morgan fingerprint density at radius 1 is 1.50 bits per heavy atom. The number of alkyl carbamates (subject to hydrolysis) is 1. The van der Waals surface area contributed by atoms with Crippen LogP contribution in [-0.4, -0.2) is 41.5 Å². The number of halogens is 1. The Labute approximate surface area is 120 Å². The Hall–Kier alpha value is -1.76. The third kappa shape index (κ3) is 2.87. The molecule has 1 saturated heterocycles. The minimum atomic E-state index is -0.417. The Morgan fingerprint density at radius 2 is 2.30 bits per heavy atom. The largest absolute Gasteiger partial charge is 0.444 e. The maximum atomic E-state index is 11.6. The van der Waals surface area contributed by atoms with Gasteiger partial charge < -0.3 is 15.0 Å². The van der Waals surface area contributed by atoms with E-state index in [0.29, 0.717) is 25.2 Å². The van der Waals surface area contributed by atoms with E-state index >= 15 is 0 Å². The zero-order valence-corrected chi connectivity index (χ0v) is 11.5. The van der Waals surface area contributed by atoms with Gasteiger partial charge in [-0.1, -0.05) is 11.6 Å².